The fraction of sp³-hybridized carbons (Fsp3) is 0.821. The number of rotatable bonds is 4. The van der Waals surface area contributed by atoms with Gasteiger partial charge in [-0.15, -0.1) is 0 Å². The number of hydrogen-bond donors (Lipinski definition) is 0. The van der Waals surface area contributed by atoms with Crippen LogP contribution in [0.3, 0.4) is 0 Å². The maximum absolute atomic E-state index is 12.1. The Morgan fingerprint density at radius 3 is 2.48 bits per heavy atom. The summed E-state index contributed by atoms with van der Waals surface area (Å²) in [6, 6.07) is 0. The van der Waals surface area contributed by atoms with Gasteiger partial charge in [0.1, 0.15) is 5.78 Å². The minimum Gasteiger partial charge on any atom is -0.299 e. The van der Waals surface area contributed by atoms with Crippen molar-refractivity contribution in [2.24, 2.45) is 52.3 Å². The highest BCUT2D eigenvalue weighted by molar-refractivity contribution is 5.82. The lowest BCUT2D eigenvalue weighted by Crippen LogP contribution is -2.50. The molecule has 0 spiro atoms. The number of fused-ring (bicyclic) bond motifs is 5. The van der Waals surface area contributed by atoms with Crippen LogP contribution in [0.1, 0.15) is 92.9 Å². The van der Waals surface area contributed by atoms with Gasteiger partial charge in [-0.2, -0.15) is 0 Å². The van der Waals surface area contributed by atoms with Crippen molar-refractivity contribution in [2.75, 3.05) is 0 Å². The molecule has 3 saturated carbocycles. The molecule has 0 aliphatic heterocycles. The second kappa shape index (κ2) is 7.69. The Balaban J connectivity index is 1.54. The van der Waals surface area contributed by atoms with Gasteiger partial charge in [-0.25, -0.2) is 0 Å². The van der Waals surface area contributed by atoms with Crippen LogP contribution in [0.2, 0.25) is 0 Å². The lowest BCUT2D eigenvalue weighted by molar-refractivity contribution is -0.122. The minimum absolute atomic E-state index is 0.314. The van der Waals surface area contributed by atoms with Crippen molar-refractivity contribution >= 4 is 5.78 Å². The smallest absolute Gasteiger partial charge is 0.136 e. The molecule has 0 saturated heterocycles. The summed E-state index contributed by atoms with van der Waals surface area (Å²) >= 11 is 0. The van der Waals surface area contributed by atoms with E-state index in [4.69, 9.17) is 0 Å². The Morgan fingerprint density at radius 1 is 1.00 bits per heavy atom. The van der Waals surface area contributed by atoms with Crippen molar-refractivity contribution < 1.29 is 4.79 Å². The molecule has 4 rings (SSSR count). The first-order valence-electron chi connectivity index (χ1n) is 12.6. The molecule has 0 aromatic heterocycles. The number of Topliss-reactive ketones (excluding diaryl/α,β-unsaturated/α-hetero) is 1. The van der Waals surface area contributed by atoms with E-state index in [0.29, 0.717) is 28.4 Å². The molecule has 4 aliphatic carbocycles. The highest BCUT2D eigenvalue weighted by Gasteiger charge is 2.58. The highest BCUT2D eigenvalue weighted by atomic mass is 16.1. The third-order valence-corrected chi connectivity index (χ3v) is 10.4. The predicted octanol–water partition coefficient (Wildman–Crippen LogP) is 7.62. The van der Waals surface area contributed by atoms with Crippen LogP contribution >= 0.6 is 0 Å². The van der Waals surface area contributed by atoms with Gasteiger partial charge in [0, 0.05) is 12.8 Å². The molecular formula is C28H44O. The van der Waals surface area contributed by atoms with Crippen molar-refractivity contribution in [1.82, 2.24) is 0 Å². The van der Waals surface area contributed by atoms with E-state index < -0.39 is 0 Å². The van der Waals surface area contributed by atoms with Crippen LogP contribution in [0, 0.1) is 52.3 Å². The van der Waals surface area contributed by atoms with E-state index in [1.165, 1.54) is 37.7 Å². The van der Waals surface area contributed by atoms with Gasteiger partial charge < -0.3 is 0 Å². The molecule has 0 amide bonds. The number of carbonyl (C=O) groups excluding carboxylic acids is 1. The van der Waals surface area contributed by atoms with Crippen LogP contribution in [0.15, 0.2) is 23.8 Å². The van der Waals surface area contributed by atoms with Crippen molar-refractivity contribution in [3.63, 3.8) is 0 Å². The maximum Gasteiger partial charge on any atom is 0.136 e. The van der Waals surface area contributed by atoms with Crippen molar-refractivity contribution in [1.29, 1.82) is 0 Å². The summed E-state index contributed by atoms with van der Waals surface area (Å²) in [7, 11) is 0. The summed E-state index contributed by atoms with van der Waals surface area (Å²) in [6.07, 6.45) is 17.1. The molecule has 4 aliphatic rings. The molecule has 29 heavy (non-hydrogen) atoms. The summed E-state index contributed by atoms with van der Waals surface area (Å²) in [5.41, 5.74) is 2.33. The monoisotopic (exact) mass is 396 g/mol. The second-order valence-electron chi connectivity index (χ2n) is 12.1. The van der Waals surface area contributed by atoms with Gasteiger partial charge in [0.25, 0.3) is 0 Å². The molecule has 0 aromatic carbocycles. The molecule has 162 valence electrons. The summed E-state index contributed by atoms with van der Waals surface area (Å²) < 4.78 is 0. The van der Waals surface area contributed by atoms with Crippen molar-refractivity contribution in [2.45, 2.75) is 92.9 Å². The molecule has 0 heterocycles. The fourth-order valence-electron chi connectivity index (χ4n) is 8.09. The Kier molecular flexibility index (Phi) is 5.67. The van der Waals surface area contributed by atoms with Gasteiger partial charge in [0.2, 0.25) is 0 Å². The molecule has 0 unspecified atom stereocenters. The minimum atomic E-state index is 0.314. The van der Waals surface area contributed by atoms with E-state index in [1.54, 1.807) is 0 Å². The number of hydrogen-bond acceptors (Lipinski definition) is 1. The number of ketones is 1. The first-order chi connectivity index (χ1) is 13.7. The SMILES string of the molecule is CC(C)[C@@H](C)/C=C/[C@@H](C)[C@H]1CC[C@H]2[C@@H]3CC=C4CC(=O)CC[C@]4(C)[C@H]3CC[C@]12C. The van der Waals surface area contributed by atoms with Gasteiger partial charge in [0.15, 0.2) is 0 Å². The molecule has 3 fully saturated rings. The molecule has 0 N–H and O–H groups in total. The number of carbonyl (C=O) groups is 1. The van der Waals surface area contributed by atoms with Gasteiger partial charge in [-0.3, -0.25) is 4.79 Å². The lowest BCUT2D eigenvalue weighted by atomic mass is 9.47. The molecule has 1 nitrogen and oxygen atoms in total. The van der Waals surface area contributed by atoms with Crippen molar-refractivity contribution in [3.8, 4) is 0 Å². The van der Waals surface area contributed by atoms with Gasteiger partial charge in [0.05, 0.1) is 0 Å². The van der Waals surface area contributed by atoms with E-state index in [0.717, 1.165) is 48.9 Å². The quantitative estimate of drug-likeness (QED) is 0.447. The molecule has 0 aromatic rings. The second-order valence-corrected chi connectivity index (χ2v) is 12.1. The predicted molar refractivity (Wildman–Crippen MR) is 123 cm³/mol. The molecular weight excluding hydrogens is 352 g/mol. The number of allylic oxidation sites excluding steroid dienone is 4. The topological polar surface area (TPSA) is 17.1 Å². The largest absolute Gasteiger partial charge is 0.299 e. The third kappa shape index (κ3) is 3.49. The Hall–Kier alpha value is -0.850. The zero-order chi connectivity index (χ0) is 21.0. The normalized spacial score (nSPS) is 44.2. The molecule has 1 heteroatoms. The first kappa shape index (κ1) is 21.4. The van der Waals surface area contributed by atoms with Gasteiger partial charge >= 0.3 is 0 Å². The highest BCUT2D eigenvalue weighted by Crippen LogP contribution is 2.67. The fourth-order valence-corrected chi connectivity index (χ4v) is 8.09. The van der Waals surface area contributed by atoms with Crippen LogP contribution in [-0.4, -0.2) is 5.78 Å². The maximum atomic E-state index is 12.1. The Morgan fingerprint density at radius 2 is 1.76 bits per heavy atom. The Labute approximate surface area is 179 Å². The van der Waals surface area contributed by atoms with Crippen LogP contribution in [0.4, 0.5) is 0 Å². The summed E-state index contributed by atoms with van der Waals surface area (Å²) in [6.45, 7) is 14.7. The van der Waals surface area contributed by atoms with Crippen molar-refractivity contribution in [3.05, 3.63) is 23.8 Å². The zero-order valence-electron chi connectivity index (χ0n) is 19.8. The third-order valence-electron chi connectivity index (χ3n) is 10.4. The average molecular weight is 397 g/mol. The van der Waals surface area contributed by atoms with Crippen LogP contribution in [0.25, 0.3) is 0 Å². The molecule has 0 radical (unpaired) electrons. The standard InChI is InChI=1S/C28H44O/c1-18(2)19(3)7-8-20(4)24-11-12-25-23-10-9-21-17-22(29)13-15-27(21,5)26(23)14-16-28(24,25)6/h7-9,18-20,23-26H,10-17H2,1-6H3/b8-7+/t19-,20+,23-,24+,25-,26-,27-,28+/m0/s1. The van der Waals surface area contributed by atoms with E-state index >= 15 is 0 Å². The first-order valence-corrected chi connectivity index (χ1v) is 12.6. The Bertz CT molecular complexity index is 699. The lowest BCUT2D eigenvalue weighted by Gasteiger charge is -2.57. The summed E-state index contributed by atoms with van der Waals surface area (Å²) in [4.78, 5) is 12.1. The van der Waals surface area contributed by atoms with Gasteiger partial charge in [-0.1, -0.05) is 65.3 Å². The van der Waals surface area contributed by atoms with Crippen LogP contribution in [0.5, 0.6) is 0 Å². The molecule has 8 atom stereocenters. The van der Waals surface area contributed by atoms with E-state index in [-0.39, 0.29) is 0 Å². The van der Waals surface area contributed by atoms with E-state index in [2.05, 4.69) is 59.8 Å². The van der Waals surface area contributed by atoms with Crippen LogP contribution in [-0.2, 0) is 4.79 Å². The van der Waals surface area contributed by atoms with Gasteiger partial charge in [-0.05, 0) is 90.8 Å². The zero-order valence-corrected chi connectivity index (χ0v) is 19.8. The van der Waals surface area contributed by atoms with E-state index in [1.807, 2.05) is 0 Å². The average Bonchev–Trinajstić information content (AvgIpc) is 3.03. The van der Waals surface area contributed by atoms with Crippen LogP contribution < -0.4 is 0 Å². The molecule has 0 bridgehead atoms. The summed E-state index contributed by atoms with van der Waals surface area (Å²) in [5, 5.41) is 0. The van der Waals surface area contributed by atoms with E-state index in [9.17, 15) is 4.79 Å². The summed E-state index contributed by atoms with van der Waals surface area (Å²) in [5.74, 6) is 5.98.